The number of halogens is 1. The molecule has 1 saturated heterocycles. The van der Waals surface area contributed by atoms with Gasteiger partial charge in [0.05, 0.1) is 25.8 Å². The number of nitrogens with two attached hydrogens (primary N) is 1. The minimum atomic E-state index is -0.599. The zero-order valence-corrected chi connectivity index (χ0v) is 17.2. The van der Waals surface area contributed by atoms with E-state index in [4.69, 9.17) is 10.5 Å². The van der Waals surface area contributed by atoms with Crippen LogP contribution in [-0.4, -0.2) is 62.9 Å². The second-order valence-corrected chi connectivity index (χ2v) is 7.16. The van der Waals surface area contributed by atoms with Gasteiger partial charge in [-0.05, 0) is 29.5 Å². The highest BCUT2D eigenvalue weighted by molar-refractivity contribution is 5.90. The van der Waals surface area contributed by atoms with Crippen LogP contribution in [0.5, 0.6) is 0 Å². The number of nitrogens with zero attached hydrogens (tertiary/aromatic N) is 6. The Kier molecular flexibility index (Phi) is 6.03. The van der Waals surface area contributed by atoms with Crippen LogP contribution in [0.1, 0.15) is 6.42 Å². The van der Waals surface area contributed by atoms with Crippen molar-refractivity contribution in [3.8, 4) is 22.6 Å². The molecule has 0 aliphatic carbocycles. The summed E-state index contributed by atoms with van der Waals surface area (Å²) in [4.78, 5) is 30.7. The normalized spacial score (nSPS) is 15.7. The van der Waals surface area contributed by atoms with Crippen LogP contribution >= 0.6 is 0 Å². The van der Waals surface area contributed by atoms with Gasteiger partial charge in [0.25, 0.3) is 0 Å². The second kappa shape index (κ2) is 9.06. The Morgan fingerprint density at radius 1 is 1.34 bits per heavy atom. The summed E-state index contributed by atoms with van der Waals surface area (Å²) in [6, 6.07) is 7.87. The van der Waals surface area contributed by atoms with Crippen molar-refractivity contribution in [1.29, 1.82) is 0 Å². The molecule has 3 N–H and O–H groups in total. The highest BCUT2D eigenvalue weighted by atomic mass is 19.1. The number of hydrogen-bond acceptors (Lipinski definition) is 8. The second-order valence-electron chi connectivity index (χ2n) is 7.16. The van der Waals surface area contributed by atoms with Gasteiger partial charge in [-0.15, -0.1) is 10.2 Å². The van der Waals surface area contributed by atoms with E-state index in [1.807, 2.05) is 0 Å². The predicted molar refractivity (Wildman–Crippen MR) is 112 cm³/mol. The maximum Gasteiger partial charge on any atom is 0.414 e. The lowest BCUT2D eigenvalue weighted by Crippen LogP contribution is -2.35. The summed E-state index contributed by atoms with van der Waals surface area (Å²) in [6.45, 7) is 0.603. The molecule has 2 aromatic heterocycles. The number of carbonyl (C=O) groups excluding carboxylic acids is 2. The van der Waals surface area contributed by atoms with Crippen LogP contribution in [0.4, 0.5) is 14.9 Å². The van der Waals surface area contributed by atoms with Crippen LogP contribution in [-0.2, 0) is 16.6 Å². The third-order valence-corrected chi connectivity index (χ3v) is 4.85. The first-order valence-electron chi connectivity index (χ1n) is 9.90. The number of carbonyl (C=O) groups is 2. The molecule has 1 aliphatic rings. The number of nitrogens with one attached hydrogen (secondary N) is 1. The molecule has 11 nitrogen and oxygen atoms in total. The third kappa shape index (κ3) is 4.54. The van der Waals surface area contributed by atoms with E-state index in [0.29, 0.717) is 28.3 Å². The average molecular weight is 440 g/mol. The molecular weight excluding hydrogens is 419 g/mol. The molecule has 3 aromatic rings. The molecule has 4 rings (SSSR count). The molecule has 1 fully saturated rings. The van der Waals surface area contributed by atoms with Crippen molar-refractivity contribution in [2.75, 3.05) is 24.5 Å². The topological polar surface area (TPSA) is 141 Å². The van der Waals surface area contributed by atoms with E-state index < -0.39 is 18.0 Å². The van der Waals surface area contributed by atoms with Crippen LogP contribution in [0.2, 0.25) is 0 Å². The first kappa shape index (κ1) is 21.3. The van der Waals surface area contributed by atoms with Gasteiger partial charge in [-0.2, -0.15) is 4.80 Å². The molecule has 3 heterocycles. The van der Waals surface area contributed by atoms with E-state index in [0.717, 1.165) is 0 Å². The van der Waals surface area contributed by atoms with Crippen molar-refractivity contribution >= 4 is 17.7 Å². The highest BCUT2D eigenvalue weighted by Gasteiger charge is 2.32. The molecule has 1 atom stereocenters. The number of hydrogen-bond donors (Lipinski definition) is 2. The lowest BCUT2D eigenvalue weighted by molar-refractivity contribution is -0.121. The van der Waals surface area contributed by atoms with E-state index >= 15 is 0 Å². The number of pyridine rings is 1. The van der Waals surface area contributed by atoms with Crippen LogP contribution in [0.25, 0.3) is 22.6 Å². The highest BCUT2D eigenvalue weighted by Crippen LogP contribution is 2.29. The number of anilines is 1. The van der Waals surface area contributed by atoms with Crippen LogP contribution in [0.3, 0.4) is 0 Å². The number of tetrazole rings is 1. The number of ether oxygens (including phenoxy) is 1. The summed E-state index contributed by atoms with van der Waals surface area (Å²) in [5, 5.41) is 14.4. The van der Waals surface area contributed by atoms with E-state index in [-0.39, 0.29) is 32.0 Å². The molecule has 166 valence electrons. The van der Waals surface area contributed by atoms with Gasteiger partial charge in [-0.25, -0.2) is 9.18 Å². The van der Waals surface area contributed by atoms with Gasteiger partial charge in [0.15, 0.2) is 0 Å². The van der Waals surface area contributed by atoms with E-state index in [2.05, 4.69) is 25.7 Å². The Morgan fingerprint density at radius 3 is 2.84 bits per heavy atom. The maximum atomic E-state index is 14.9. The van der Waals surface area contributed by atoms with Crippen molar-refractivity contribution < 1.29 is 18.7 Å². The SMILES string of the molecule is Cn1nnc(-c2ccc(-c3ccc(N4C[C@H](CNC(=O)CCN)OC4=O)cc3F)cn2)n1. The quantitative estimate of drug-likeness (QED) is 0.551. The Hall–Kier alpha value is -3.93. The summed E-state index contributed by atoms with van der Waals surface area (Å²) >= 11 is 0. The summed E-state index contributed by atoms with van der Waals surface area (Å²) in [6.07, 6.45) is 0.590. The largest absolute Gasteiger partial charge is 0.442 e. The molecule has 0 unspecified atom stereocenters. The zero-order chi connectivity index (χ0) is 22.7. The smallest absolute Gasteiger partial charge is 0.414 e. The minimum Gasteiger partial charge on any atom is -0.442 e. The molecule has 0 radical (unpaired) electrons. The Bertz CT molecular complexity index is 1130. The Morgan fingerprint density at radius 2 is 2.19 bits per heavy atom. The van der Waals surface area contributed by atoms with Crippen molar-refractivity contribution in [2.24, 2.45) is 12.8 Å². The summed E-state index contributed by atoms with van der Waals surface area (Å²) in [5.41, 5.74) is 7.10. The number of rotatable bonds is 7. The van der Waals surface area contributed by atoms with Crippen LogP contribution in [0.15, 0.2) is 36.5 Å². The van der Waals surface area contributed by atoms with Crippen molar-refractivity contribution in [2.45, 2.75) is 12.5 Å². The minimum absolute atomic E-state index is 0.167. The third-order valence-electron chi connectivity index (χ3n) is 4.85. The van der Waals surface area contributed by atoms with Gasteiger partial charge in [-0.1, -0.05) is 6.07 Å². The fraction of sp³-hybridized carbons (Fsp3) is 0.300. The molecular formula is C20H21FN8O3. The molecule has 0 spiro atoms. The van der Waals surface area contributed by atoms with Gasteiger partial charge in [0, 0.05) is 30.3 Å². The molecule has 0 saturated carbocycles. The van der Waals surface area contributed by atoms with Gasteiger partial charge in [0.1, 0.15) is 17.6 Å². The predicted octanol–water partition coefficient (Wildman–Crippen LogP) is 0.868. The summed E-state index contributed by atoms with van der Waals surface area (Å²) in [7, 11) is 1.65. The first-order valence-corrected chi connectivity index (χ1v) is 9.90. The number of aryl methyl sites for hydroxylation is 1. The molecule has 12 heteroatoms. The molecule has 2 amide bonds. The number of cyclic esters (lactones) is 1. The van der Waals surface area contributed by atoms with Gasteiger partial charge < -0.3 is 15.8 Å². The molecule has 1 aliphatic heterocycles. The average Bonchev–Trinajstić information content (AvgIpc) is 3.38. The standard InChI is InChI=1S/C20H21FN8O3/c1-28-26-19(25-27-28)17-5-2-12(9-23-17)15-4-3-13(8-16(15)21)29-11-14(32-20(29)31)10-24-18(30)6-7-22/h2-5,8-9,14H,6-7,10-11,22H2,1H3,(H,24,30)/t14-/m0/s1. The van der Waals surface area contributed by atoms with E-state index in [1.165, 1.54) is 22.0 Å². The number of benzene rings is 1. The summed E-state index contributed by atoms with van der Waals surface area (Å²) in [5.74, 6) is -0.356. The first-order chi connectivity index (χ1) is 15.4. The summed E-state index contributed by atoms with van der Waals surface area (Å²) < 4.78 is 20.1. The van der Waals surface area contributed by atoms with Crippen molar-refractivity contribution in [3.63, 3.8) is 0 Å². The Balaban J connectivity index is 1.45. The number of amides is 2. The lowest BCUT2D eigenvalue weighted by atomic mass is 10.1. The van der Waals surface area contributed by atoms with Gasteiger partial charge in [-0.3, -0.25) is 14.7 Å². The van der Waals surface area contributed by atoms with Gasteiger partial charge in [0.2, 0.25) is 11.7 Å². The van der Waals surface area contributed by atoms with Crippen molar-refractivity contribution in [3.05, 3.63) is 42.3 Å². The Labute approximate surface area is 182 Å². The van der Waals surface area contributed by atoms with Crippen LogP contribution in [0, 0.1) is 5.82 Å². The maximum absolute atomic E-state index is 14.9. The lowest BCUT2D eigenvalue weighted by Gasteiger charge is -2.14. The van der Waals surface area contributed by atoms with Gasteiger partial charge >= 0.3 is 6.09 Å². The van der Waals surface area contributed by atoms with E-state index in [1.54, 1.807) is 31.3 Å². The molecule has 32 heavy (non-hydrogen) atoms. The molecule has 0 bridgehead atoms. The fourth-order valence-corrected chi connectivity index (χ4v) is 3.26. The monoisotopic (exact) mass is 440 g/mol. The van der Waals surface area contributed by atoms with E-state index in [9.17, 15) is 14.0 Å². The molecule has 1 aromatic carbocycles. The fourth-order valence-electron chi connectivity index (χ4n) is 3.26. The van der Waals surface area contributed by atoms with Crippen molar-refractivity contribution in [1.82, 2.24) is 30.5 Å². The zero-order valence-electron chi connectivity index (χ0n) is 17.2. The number of aromatic nitrogens is 5. The van der Waals surface area contributed by atoms with Crippen LogP contribution < -0.4 is 16.0 Å².